The van der Waals surface area contributed by atoms with Crippen LogP contribution in [-0.2, 0) is 12.1 Å². The predicted octanol–water partition coefficient (Wildman–Crippen LogP) is 3.85. The van der Waals surface area contributed by atoms with Crippen molar-refractivity contribution in [1.29, 1.82) is 0 Å². The van der Waals surface area contributed by atoms with Gasteiger partial charge in [0.2, 0.25) is 0 Å². The van der Waals surface area contributed by atoms with Crippen molar-refractivity contribution >= 4 is 0 Å². The van der Waals surface area contributed by atoms with E-state index in [4.69, 9.17) is 4.74 Å². The van der Waals surface area contributed by atoms with Gasteiger partial charge >= 0.3 is 0 Å². The second-order valence-corrected chi connectivity index (χ2v) is 7.33. The van der Waals surface area contributed by atoms with Gasteiger partial charge in [0.15, 0.2) is 0 Å². The molecule has 3 nitrogen and oxygen atoms in total. The number of rotatable bonds is 4. The molecule has 2 aromatic carbocycles. The number of fused-ring (bicyclic) bond motifs is 2. The molecule has 2 unspecified atom stereocenters. The molecule has 0 aromatic heterocycles. The minimum absolute atomic E-state index is 0.339. The highest BCUT2D eigenvalue weighted by Gasteiger charge is 2.49. The zero-order chi connectivity index (χ0) is 17.4. The fraction of sp³-hybridized carbons (Fsp3) is 0.429. The van der Waals surface area contributed by atoms with Gasteiger partial charge in [-0.3, -0.25) is 4.90 Å². The number of hydrogen-bond acceptors (Lipinski definition) is 3. The number of aliphatic hydroxyl groups is 1. The molecule has 2 heterocycles. The maximum Gasteiger partial charge on any atom is 0.127 e. The average molecular weight is 341 g/mol. The first-order valence-electron chi connectivity index (χ1n) is 8.95. The van der Waals surface area contributed by atoms with Crippen molar-refractivity contribution in [1.82, 2.24) is 4.90 Å². The summed E-state index contributed by atoms with van der Waals surface area (Å²) in [6.45, 7) is 0.923. The standard InChI is InChI=1S/C21H24FNO2/c1-25-20-11-16(22)7-10-19(20)21(24)12-17-8-9-18(13-21)23(17)14-15-5-3-2-4-6-15/h2-7,10-11,17-18,24H,8-9,12-14H2,1H3. The van der Waals surface area contributed by atoms with E-state index >= 15 is 0 Å². The SMILES string of the molecule is COc1cc(F)ccc1C1(O)CC2CCC(C1)N2Cc1ccccc1. The van der Waals surface area contributed by atoms with Gasteiger partial charge in [-0.15, -0.1) is 0 Å². The minimum atomic E-state index is -0.946. The van der Waals surface area contributed by atoms with Gasteiger partial charge in [0.05, 0.1) is 12.7 Å². The van der Waals surface area contributed by atoms with E-state index in [1.165, 1.54) is 24.8 Å². The molecular weight excluding hydrogens is 317 g/mol. The van der Waals surface area contributed by atoms with Gasteiger partial charge in [-0.1, -0.05) is 30.3 Å². The number of benzene rings is 2. The molecule has 4 rings (SSSR count). The highest BCUT2D eigenvalue weighted by atomic mass is 19.1. The third-order valence-corrected chi connectivity index (χ3v) is 5.79. The Hall–Kier alpha value is -1.91. The van der Waals surface area contributed by atoms with E-state index in [2.05, 4.69) is 29.2 Å². The summed E-state index contributed by atoms with van der Waals surface area (Å²) in [5, 5.41) is 11.4. The molecule has 0 saturated carbocycles. The van der Waals surface area contributed by atoms with Crippen LogP contribution in [0.5, 0.6) is 5.75 Å². The van der Waals surface area contributed by atoms with E-state index < -0.39 is 5.60 Å². The molecule has 2 bridgehead atoms. The summed E-state index contributed by atoms with van der Waals surface area (Å²) >= 11 is 0. The number of ether oxygens (including phenoxy) is 1. The van der Waals surface area contributed by atoms with E-state index in [1.54, 1.807) is 6.07 Å². The van der Waals surface area contributed by atoms with Crippen LogP contribution in [0.15, 0.2) is 48.5 Å². The smallest absolute Gasteiger partial charge is 0.127 e. The monoisotopic (exact) mass is 341 g/mol. The lowest BCUT2D eigenvalue weighted by Crippen LogP contribution is -2.49. The van der Waals surface area contributed by atoms with Crippen LogP contribution in [0.4, 0.5) is 4.39 Å². The second-order valence-electron chi connectivity index (χ2n) is 7.33. The molecule has 2 atom stereocenters. The summed E-state index contributed by atoms with van der Waals surface area (Å²) < 4.78 is 18.9. The van der Waals surface area contributed by atoms with Gasteiger partial charge in [-0.2, -0.15) is 0 Å². The Kier molecular flexibility index (Phi) is 4.26. The second kappa shape index (κ2) is 6.43. The zero-order valence-corrected chi connectivity index (χ0v) is 14.5. The topological polar surface area (TPSA) is 32.7 Å². The highest BCUT2D eigenvalue weighted by Crippen LogP contribution is 2.48. The lowest BCUT2D eigenvalue weighted by atomic mass is 9.80. The number of halogens is 1. The van der Waals surface area contributed by atoms with Crippen molar-refractivity contribution in [3.63, 3.8) is 0 Å². The Morgan fingerprint density at radius 3 is 2.44 bits per heavy atom. The van der Waals surface area contributed by atoms with Gasteiger partial charge in [0, 0.05) is 30.3 Å². The Bertz CT molecular complexity index is 735. The number of nitrogens with zero attached hydrogens (tertiary/aromatic N) is 1. The van der Waals surface area contributed by atoms with Crippen LogP contribution >= 0.6 is 0 Å². The van der Waals surface area contributed by atoms with Crippen molar-refractivity contribution in [2.45, 2.75) is 49.9 Å². The van der Waals surface area contributed by atoms with Gasteiger partial charge < -0.3 is 9.84 Å². The third-order valence-electron chi connectivity index (χ3n) is 5.79. The zero-order valence-electron chi connectivity index (χ0n) is 14.5. The van der Waals surface area contributed by atoms with Gasteiger partial charge in [0.1, 0.15) is 11.6 Å². The van der Waals surface area contributed by atoms with Crippen LogP contribution in [0, 0.1) is 5.82 Å². The van der Waals surface area contributed by atoms with E-state index in [9.17, 15) is 9.50 Å². The Labute approximate surface area is 148 Å². The normalized spacial score (nSPS) is 28.9. The fourth-order valence-corrected chi connectivity index (χ4v) is 4.64. The molecule has 2 fully saturated rings. The van der Waals surface area contributed by atoms with Crippen molar-refractivity contribution in [3.8, 4) is 5.75 Å². The molecule has 2 aliphatic rings. The van der Waals surface area contributed by atoms with Gasteiger partial charge in [-0.05, 0) is 43.4 Å². The van der Waals surface area contributed by atoms with Crippen molar-refractivity contribution in [2.75, 3.05) is 7.11 Å². The van der Waals surface area contributed by atoms with Crippen molar-refractivity contribution < 1.29 is 14.2 Å². The van der Waals surface area contributed by atoms with Crippen molar-refractivity contribution in [3.05, 3.63) is 65.5 Å². The molecule has 0 amide bonds. The Morgan fingerprint density at radius 1 is 1.12 bits per heavy atom. The van der Waals surface area contributed by atoms with Crippen molar-refractivity contribution in [2.24, 2.45) is 0 Å². The number of methoxy groups -OCH3 is 1. The molecule has 0 spiro atoms. The molecule has 2 aliphatic heterocycles. The number of piperidine rings is 1. The molecule has 1 N–H and O–H groups in total. The lowest BCUT2D eigenvalue weighted by Gasteiger charge is -2.44. The van der Waals surface area contributed by atoms with E-state index in [-0.39, 0.29) is 5.82 Å². The number of hydrogen-bond donors (Lipinski definition) is 1. The highest BCUT2D eigenvalue weighted by molar-refractivity contribution is 5.39. The minimum Gasteiger partial charge on any atom is -0.496 e. The summed E-state index contributed by atoms with van der Waals surface area (Å²) in [6, 6.07) is 15.6. The van der Waals surface area contributed by atoms with E-state index in [1.807, 2.05) is 6.07 Å². The summed E-state index contributed by atoms with van der Waals surface area (Å²) in [4.78, 5) is 2.53. The first kappa shape index (κ1) is 16.6. The summed E-state index contributed by atoms with van der Waals surface area (Å²) in [5.74, 6) is 0.104. The molecule has 2 aromatic rings. The largest absolute Gasteiger partial charge is 0.496 e. The quantitative estimate of drug-likeness (QED) is 0.917. The summed E-state index contributed by atoms with van der Waals surface area (Å²) in [6.07, 6.45) is 3.53. The third kappa shape index (κ3) is 3.05. The Balaban J connectivity index is 1.58. The Morgan fingerprint density at radius 2 is 1.80 bits per heavy atom. The van der Waals surface area contributed by atoms with Gasteiger partial charge in [-0.25, -0.2) is 4.39 Å². The van der Waals surface area contributed by atoms with Gasteiger partial charge in [0.25, 0.3) is 0 Å². The summed E-state index contributed by atoms with van der Waals surface area (Å²) in [5.41, 5.74) is 1.08. The van der Waals surface area contributed by atoms with Crippen LogP contribution in [-0.4, -0.2) is 29.2 Å². The first-order chi connectivity index (χ1) is 12.1. The molecule has 132 valence electrons. The average Bonchev–Trinajstić information content (AvgIpc) is 2.86. The maximum atomic E-state index is 13.5. The molecule has 0 aliphatic carbocycles. The lowest BCUT2D eigenvalue weighted by molar-refractivity contribution is -0.0607. The fourth-order valence-electron chi connectivity index (χ4n) is 4.64. The molecule has 25 heavy (non-hydrogen) atoms. The predicted molar refractivity (Wildman–Crippen MR) is 94.9 cm³/mol. The maximum absolute atomic E-state index is 13.5. The molecule has 0 radical (unpaired) electrons. The van der Waals surface area contributed by atoms with Crippen LogP contribution in [0.3, 0.4) is 0 Å². The first-order valence-corrected chi connectivity index (χ1v) is 8.95. The van der Waals surface area contributed by atoms with Crippen LogP contribution in [0.2, 0.25) is 0 Å². The van der Waals surface area contributed by atoms with Crippen LogP contribution in [0.1, 0.15) is 36.8 Å². The molecule has 2 saturated heterocycles. The van der Waals surface area contributed by atoms with Crippen LogP contribution < -0.4 is 4.74 Å². The molecule has 4 heteroatoms. The summed E-state index contributed by atoms with van der Waals surface area (Å²) in [7, 11) is 1.53. The molecular formula is C21H24FNO2. The van der Waals surface area contributed by atoms with E-state index in [0.29, 0.717) is 36.2 Å². The van der Waals surface area contributed by atoms with E-state index in [0.717, 1.165) is 19.4 Å². The van der Waals surface area contributed by atoms with Crippen LogP contribution in [0.25, 0.3) is 0 Å².